The second-order valence-electron chi connectivity index (χ2n) is 6.79. The number of aromatic nitrogens is 2. The Morgan fingerprint density at radius 3 is 2.57 bits per heavy atom. The average Bonchev–Trinajstić information content (AvgIpc) is 2.83. The third-order valence-corrected chi connectivity index (χ3v) is 7.26. The van der Waals surface area contributed by atoms with E-state index in [-0.39, 0.29) is 6.04 Å². The molecule has 0 radical (unpaired) electrons. The minimum absolute atomic E-state index is 0.165. The lowest BCUT2D eigenvalue weighted by Gasteiger charge is -2.12. The van der Waals surface area contributed by atoms with E-state index in [0.717, 1.165) is 11.8 Å². The van der Waals surface area contributed by atoms with Gasteiger partial charge in [-0.3, -0.25) is 5.10 Å². The van der Waals surface area contributed by atoms with Gasteiger partial charge in [-0.05, 0) is 56.9 Å². The number of nitrogens with zero attached hydrogens (tertiary/aromatic N) is 1. The highest BCUT2D eigenvalue weighted by atomic mass is 32.2. The maximum absolute atomic E-state index is 12.7. The Morgan fingerprint density at radius 2 is 1.95 bits per heavy atom. The quantitative estimate of drug-likeness (QED) is 0.749. The number of nitrogens with one attached hydrogen (secondary N) is 3. The molecule has 116 valence electrons. The zero-order chi connectivity index (χ0) is 14.8. The molecule has 1 heterocycles. The molecule has 3 aliphatic rings. The summed E-state index contributed by atoms with van der Waals surface area (Å²) in [6.45, 7) is 2.21. The van der Waals surface area contributed by atoms with Gasteiger partial charge in [0.05, 0.1) is 11.4 Å². The van der Waals surface area contributed by atoms with Gasteiger partial charge in [-0.25, -0.2) is 13.1 Å². The molecule has 3 fully saturated rings. The normalized spacial score (nSPS) is 37.0. The first-order valence-corrected chi connectivity index (χ1v) is 9.22. The molecule has 3 aliphatic carbocycles. The van der Waals surface area contributed by atoms with Crippen LogP contribution < -0.4 is 10.0 Å². The molecular formula is C14H22N4O2S. The molecule has 1 aromatic rings. The Morgan fingerprint density at radius 1 is 1.29 bits per heavy atom. The first kappa shape index (κ1) is 13.7. The molecule has 4 unspecified atom stereocenters. The molecule has 0 spiro atoms. The molecule has 21 heavy (non-hydrogen) atoms. The average molecular weight is 310 g/mol. The lowest BCUT2D eigenvalue weighted by atomic mass is 10.0. The van der Waals surface area contributed by atoms with Gasteiger partial charge in [0, 0.05) is 12.6 Å². The molecule has 6 nitrogen and oxygen atoms in total. The molecule has 4 rings (SSSR count). The second kappa shape index (κ2) is 4.54. The molecule has 1 aromatic heterocycles. The van der Waals surface area contributed by atoms with Crippen LogP contribution in [0.25, 0.3) is 0 Å². The maximum atomic E-state index is 12.7. The Hall–Kier alpha value is -0.920. The van der Waals surface area contributed by atoms with Gasteiger partial charge in [-0.1, -0.05) is 0 Å². The van der Waals surface area contributed by atoms with E-state index in [1.807, 2.05) is 0 Å². The number of aryl methyl sites for hydroxylation is 1. The molecular weight excluding hydrogens is 288 g/mol. The van der Waals surface area contributed by atoms with E-state index in [1.54, 1.807) is 14.0 Å². The van der Waals surface area contributed by atoms with Crippen LogP contribution in [0.2, 0.25) is 0 Å². The van der Waals surface area contributed by atoms with Crippen LogP contribution >= 0.6 is 0 Å². The highest BCUT2D eigenvalue weighted by molar-refractivity contribution is 7.89. The summed E-state index contributed by atoms with van der Waals surface area (Å²) < 4.78 is 28.4. The van der Waals surface area contributed by atoms with Crippen LogP contribution in [0.4, 0.5) is 0 Å². The first-order chi connectivity index (χ1) is 10.0. The third-order valence-electron chi connectivity index (χ3n) is 5.60. The van der Waals surface area contributed by atoms with Crippen LogP contribution in [-0.2, 0) is 16.6 Å². The van der Waals surface area contributed by atoms with Crippen molar-refractivity contribution in [3.8, 4) is 0 Å². The van der Waals surface area contributed by atoms with Crippen molar-refractivity contribution in [1.82, 2.24) is 20.2 Å². The van der Waals surface area contributed by atoms with Crippen LogP contribution in [0.1, 0.15) is 30.7 Å². The van der Waals surface area contributed by atoms with E-state index in [1.165, 1.54) is 19.3 Å². The molecule has 4 atom stereocenters. The predicted octanol–water partition coefficient (Wildman–Crippen LogP) is 0.760. The Kier molecular flexibility index (Phi) is 2.96. The largest absolute Gasteiger partial charge is 0.314 e. The number of hydrogen-bond donors (Lipinski definition) is 3. The van der Waals surface area contributed by atoms with Crippen LogP contribution in [-0.4, -0.2) is 31.7 Å². The second-order valence-corrected chi connectivity index (χ2v) is 8.44. The number of fused-ring (bicyclic) bond motifs is 5. The van der Waals surface area contributed by atoms with Gasteiger partial charge in [0.2, 0.25) is 10.0 Å². The Bertz CT molecular complexity index is 653. The van der Waals surface area contributed by atoms with Crippen molar-refractivity contribution in [2.45, 2.75) is 43.7 Å². The van der Waals surface area contributed by atoms with Crippen molar-refractivity contribution in [2.75, 3.05) is 7.05 Å². The third kappa shape index (κ3) is 1.98. The van der Waals surface area contributed by atoms with Crippen molar-refractivity contribution in [3.05, 3.63) is 11.4 Å². The van der Waals surface area contributed by atoms with Gasteiger partial charge in [0.25, 0.3) is 0 Å². The number of hydrogen-bond acceptors (Lipinski definition) is 4. The van der Waals surface area contributed by atoms with Crippen molar-refractivity contribution in [3.63, 3.8) is 0 Å². The van der Waals surface area contributed by atoms with Crippen molar-refractivity contribution in [2.24, 2.45) is 23.7 Å². The monoisotopic (exact) mass is 310 g/mol. The van der Waals surface area contributed by atoms with E-state index in [2.05, 4.69) is 20.2 Å². The lowest BCUT2D eigenvalue weighted by Crippen LogP contribution is -2.31. The van der Waals surface area contributed by atoms with Crippen molar-refractivity contribution >= 4 is 10.0 Å². The number of aromatic amines is 1. The van der Waals surface area contributed by atoms with Crippen LogP contribution in [0, 0.1) is 30.6 Å². The van der Waals surface area contributed by atoms with Gasteiger partial charge in [0.1, 0.15) is 4.90 Å². The van der Waals surface area contributed by atoms with Crippen LogP contribution in [0.5, 0.6) is 0 Å². The summed E-state index contributed by atoms with van der Waals surface area (Å²) in [5, 5.41) is 9.87. The predicted molar refractivity (Wildman–Crippen MR) is 78.0 cm³/mol. The molecule has 3 saturated carbocycles. The zero-order valence-electron chi connectivity index (χ0n) is 12.4. The molecule has 0 saturated heterocycles. The molecule has 7 heteroatoms. The Balaban J connectivity index is 1.57. The molecule has 0 aliphatic heterocycles. The smallest absolute Gasteiger partial charge is 0.244 e. The Labute approximate surface area is 125 Å². The van der Waals surface area contributed by atoms with Gasteiger partial charge in [-0.15, -0.1) is 0 Å². The summed E-state index contributed by atoms with van der Waals surface area (Å²) in [7, 11) is -1.69. The number of H-pyrrole nitrogens is 1. The number of sulfonamides is 1. The zero-order valence-corrected chi connectivity index (χ0v) is 13.2. The summed E-state index contributed by atoms with van der Waals surface area (Å²) in [4.78, 5) is 0.328. The first-order valence-electron chi connectivity index (χ1n) is 7.73. The summed E-state index contributed by atoms with van der Waals surface area (Å²) in [5.41, 5.74) is 1.18. The molecule has 0 amide bonds. The van der Waals surface area contributed by atoms with Crippen LogP contribution in [0.15, 0.2) is 4.90 Å². The van der Waals surface area contributed by atoms with E-state index in [9.17, 15) is 8.42 Å². The van der Waals surface area contributed by atoms with E-state index in [4.69, 9.17) is 0 Å². The van der Waals surface area contributed by atoms with Gasteiger partial charge >= 0.3 is 0 Å². The lowest BCUT2D eigenvalue weighted by molar-refractivity contribution is 0.456. The molecule has 0 aromatic carbocycles. The standard InChI is InChI=1S/C14H22N4O2S/c1-7-14(10(6-15-2)17-16-7)21(19,20)18-13-11-8-3-4-9(5-8)12(11)13/h8-9,11-13,15,18H,3-6H2,1-2H3,(H,16,17). The SMILES string of the molecule is CNCc1n[nH]c(C)c1S(=O)(=O)NC1C2C3CCC(C3)C12. The maximum Gasteiger partial charge on any atom is 0.244 e. The summed E-state index contributed by atoms with van der Waals surface area (Å²) in [5.74, 6) is 2.71. The van der Waals surface area contributed by atoms with Gasteiger partial charge in [0.15, 0.2) is 0 Å². The van der Waals surface area contributed by atoms with E-state index in [0.29, 0.717) is 34.7 Å². The fourth-order valence-corrected chi connectivity index (χ4v) is 6.50. The topological polar surface area (TPSA) is 86.9 Å². The molecule has 3 N–H and O–H groups in total. The van der Waals surface area contributed by atoms with Crippen molar-refractivity contribution in [1.29, 1.82) is 0 Å². The van der Waals surface area contributed by atoms with Gasteiger partial charge < -0.3 is 5.32 Å². The highest BCUT2D eigenvalue weighted by Gasteiger charge is 2.65. The highest BCUT2D eigenvalue weighted by Crippen LogP contribution is 2.65. The summed E-state index contributed by atoms with van der Waals surface area (Å²) in [6, 6.07) is 0.165. The van der Waals surface area contributed by atoms with Gasteiger partial charge in [-0.2, -0.15) is 5.10 Å². The summed E-state index contributed by atoms with van der Waals surface area (Å²) in [6.07, 6.45) is 3.91. The fourth-order valence-electron chi connectivity index (χ4n) is 4.83. The van der Waals surface area contributed by atoms with Crippen LogP contribution in [0.3, 0.4) is 0 Å². The summed E-state index contributed by atoms with van der Waals surface area (Å²) >= 11 is 0. The minimum Gasteiger partial charge on any atom is -0.314 e. The van der Waals surface area contributed by atoms with Crippen molar-refractivity contribution < 1.29 is 8.42 Å². The van der Waals surface area contributed by atoms with E-state index >= 15 is 0 Å². The molecule has 2 bridgehead atoms. The number of rotatable bonds is 5. The fraction of sp³-hybridized carbons (Fsp3) is 0.786. The minimum atomic E-state index is -3.48. The van der Waals surface area contributed by atoms with E-state index < -0.39 is 10.0 Å².